The SMILES string of the molecule is C[C@@H]1CCN(c2nn[nH]n2)C[C@H](N)C1. The van der Waals surface area contributed by atoms with Crippen molar-refractivity contribution < 1.29 is 0 Å². The third kappa shape index (κ3) is 2.01. The van der Waals surface area contributed by atoms with Crippen LogP contribution in [0, 0.1) is 5.92 Å². The van der Waals surface area contributed by atoms with Crippen LogP contribution in [-0.2, 0) is 0 Å². The van der Waals surface area contributed by atoms with Crippen LogP contribution < -0.4 is 10.6 Å². The molecular formula is C8H16N6. The van der Waals surface area contributed by atoms with Gasteiger partial charge in [-0.15, -0.1) is 5.10 Å². The van der Waals surface area contributed by atoms with Gasteiger partial charge in [-0.05, 0) is 24.0 Å². The topological polar surface area (TPSA) is 83.7 Å². The molecule has 0 amide bonds. The molecule has 6 heteroatoms. The molecule has 0 saturated carbocycles. The second-order valence-corrected chi connectivity index (χ2v) is 4.05. The third-order valence-corrected chi connectivity index (χ3v) is 2.67. The maximum absolute atomic E-state index is 5.99. The van der Waals surface area contributed by atoms with Gasteiger partial charge in [-0.3, -0.25) is 0 Å². The van der Waals surface area contributed by atoms with Crippen LogP contribution in [0.15, 0.2) is 0 Å². The number of nitrogens with two attached hydrogens (primary N) is 1. The first-order chi connectivity index (χ1) is 6.75. The van der Waals surface area contributed by atoms with Crippen LogP contribution >= 0.6 is 0 Å². The lowest BCUT2D eigenvalue weighted by atomic mass is 10.0. The van der Waals surface area contributed by atoms with Gasteiger partial charge in [-0.25, -0.2) is 0 Å². The molecule has 2 heterocycles. The van der Waals surface area contributed by atoms with E-state index < -0.39 is 0 Å². The molecule has 0 spiro atoms. The van der Waals surface area contributed by atoms with Crippen LogP contribution in [0.4, 0.5) is 5.95 Å². The van der Waals surface area contributed by atoms with Crippen molar-refractivity contribution in [1.29, 1.82) is 0 Å². The Kier molecular flexibility index (Phi) is 2.62. The summed E-state index contributed by atoms with van der Waals surface area (Å²) in [5, 5.41) is 13.9. The zero-order valence-electron chi connectivity index (χ0n) is 8.35. The van der Waals surface area contributed by atoms with E-state index in [1.165, 1.54) is 0 Å². The van der Waals surface area contributed by atoms with Crippen molar-refractivity contribution in [1.82, 2.24) is 20.6 Å². The van der Waals surface area contributed by atoms with Gasteiger partial charge >= 0.3 is 0 Å². The van der Waals surface area contributed by atoms with Crippen molar-refractivity contribution in [3.63, 3.8) is 0 Å². The average Bonchev–Trinajstić information content (AvgIpc) is 2.59. The number of aromatic amines is 1. The number of anilines is 1. The lowest BCUT2D eigenvalue weighted by Gasteiger charge is -2.19. The quantitative estimate of drug-likeness (QED) is 0.648. The highest BCUT2D eigenvalue weighted by atomic mass is 15.5. The number of rotatable bonds is 1. The normalized spacial score (nSPS) is 28.9. The predicted molar refractivity (Wildman–Crippen MR) is 52.8 cm³/mol. The standard InChI is InChI=1S/C8H16N6/c1-6-2-3-14(5-7(9)4-6)8-10-12-13-11-8/h6-7H,2-5,9H2,1H3,(H,10,11,12,13)/t6-,7-/m1/s1. The minimum Gasteiger partial charge on any atom is -0.337 e. The summed E-state index contributed by atoms with van der Waals surface area (Å²) in [6.07, 6.45) is 2.22. The summed E-state index contributed by atoms with van der Waals surface area (Å²) in [5.74, 6) is 1.34. The lowest BCUT2D eigenvalue weighted by Crippen LogP contribution is -2.36. The van der Waals surface area contributed by atoms with Gasteiger partial charge in [0.1, 0.15) is 0 Å². The number of nitrogens with zero attached hydrogens (tertiary/aromatic N) is 4. The van der Waals surface area contributed by atoms with Gasteiger partial charge in [0, 0.05) is 19.1 Å². The molecule has 0 aliphatic carbocycles. The summed E-state index contributed by atoms with van der Waals surface area (Å²) >= 11 is 0. The summed E-state index contributed by atoms with van der Waals surface area (Å²) in [6.45, 7) is 4.03. The molecule has 1 saturated heterocycles. The number of hydrogen-bond acceptors (Lipinski definition) is 5. The van der Waals surface area contributed by atoms with Gasteiger partial charge in [0.05, 0.1) is 0 Å². The van der Waals surface area contributed by atoms with Gasteiger partial charge in [0.15, 0.2) is 0 Å². The Balaban J connectivity index is 2.06. The van der Waals surface area contributed by atoms with Crippen molar-refractivity contribution in [3.8, 4) is 0 Å². The monoisotopic (exact) mass is 196 g/mol. The van der Waals surface area contributed by atoms with E-state index in [-0.39, 0.29) is 6.04 Å². The zero-order chi connectivity index (χ0) is 9.97. The number of nitrogens with one attached hydrogen (secondary N) is 1. The Morgan fingerprint density at radius 2 is 2.43 bits per heavy atom. The van der Waals surface area contributed by atoms with Crippen molar-refractivity contribution in [3.05, 3.63) is 0 Å². The Bertz CT molecular complexity index is 271. The molecule has 2 atom stereocenters. The molecular weight excluding hydrogens is 180 g/mol. The number of hydrogen-bond donors (Lipinski definition) is 2. The molecule has 78 valence electrons. The minimum absolute atomic E-state index is 0.214. The van der Waals surface area contributed by atoms with E-state index in [1.807, 2.05) is 0 Å². The first-order valence-corrected chi connectivity index (χ1v) is 4.99. The van der Waals surface area contributed by atoms with Crippen LogP contribution in [0.1, 0.15) is 19.8 Å². The molecule has 0 unspecified atom stereocenters. The highest BCUT2D eigenvalue weighted by Gasteiger charge is 2.21. The Hall–Kier alpha value is -1.17. The van der Waals surface area contributed by atoms with Crippen LogP contribution in [0.5, 0.6) is 0 Å². The van der Waals surface area contributed by atoms with Crippen LogP contribution in [0.3, 0.4) is 0 Å². The maximum atomic E-state index is 5.99. The zero-order valence-corrected chi connectivity index (χ0v) is 8.35. The Morgan fingerprint density at radius 1 is 1.57 bits per heavy atom. The van der Waals surface area contributed by atoms with Crippen LogP contribution in [-0.4, -0.2) is 39.8 Å². The van der Waals surface area contributed by atoms with E-state index in [0.717, 1.165) is 25.9 Å². The summed E-state index contributed by atoms with van der Waals surface area (Å²) in [7, 11) is 0. The molecule has 1 aliphatic heterocycles. The highest BCUT2D eigenvalue weighted by Crippen LogP contribution is 2.18. The van der Waals surface area contributed by atoms with E-state index in [9.17, 15) is 0 Å². The van der Waals surface area contributed by atoms with E-state index in [4.69, 9.17) is 5.73 Å². The van der Waals surface area contributed by atoms with Crippen molar-refractivity contribution in [2.75, 3.05) is 18.0 Å². The number of aromatic nitrogens is 4. The predicted octanol–water partition coefficient (Wildman–Crippen LogP) is -0.237. The number of tetrazole rings is 1. The van der Waals surface area contributed by atoms with Crippen LogP contribution in [0.2, 0.25) is 0 Å². The fraction of sp³-hybridized carbons (Fsp3) is 0.875. The molecule has 0 aromatic carbocycles. The lowest BCUT2D eigenvalue weighted by molar-refractivity contribution is 0.484. The van der Waals surface area contributed by atoms with E-state index in [2.05, 4.69) is 32.4 Å². The fourth-order valence-corrected chi connectivity index (χ4v) is 1.93. The van der Waals surface area contributed by atoms with Crippen LogP contribution in [0.25, 0.3) is 0 Å². The Morgan fingerprint density at radius 3 is 3.14 bits per heavy atom. The second-order valence-electron chi connectivity index (χ2n) is 4.05. The molecule has 1 fully saturated rings. The van der Waals surface area contributed by atoms with Gasteiger partial charge in [-0.2, -0.15) is 5.21 Å². The highest BCUT2D eigenvalue weighted by molar-refractivity contribution is 5.26. The molecule has 0 radical (unpaired) electrons. The second kappa shape index (κ2) is 3.91. The summed E-state index contributed by atoms with van der Waals surface area (Å²) in [5.41, 5.74) is 5.99. The van der Waals surface area contributed by atoms with Gasteiger partial charge in [-0.1, -0.05) is 12.0 Å². The largest absolute Gasteiger partial charge is 0.337 e. The fourth-order valence-electron chi connectivity index (χ4n) is 1.93. The molecule has 1 aromatic rings. The molecule has 14 heavy (non-hydrogen) atoms. The number of H-pyrrole nitrogens is 1. The average molecular weight is 196 g/mol. The van der Waals surface area contributed by atoms with Crippen molar-refractivity contribution in [2.24, 2.45) is 11.7 Å². The van der Waals surface area contributed by atoms with E-state index in [1.54, 1.807) is 0 Å². The summed E-state index contributed by atoms with van der Waals surface area (Å²) in [6, 6.07) is 0.214. The van der Waals surface area contributed by atoms with Crippen molar-refractivity contribution >= 4 is 5.95 Å². The van der Waals surface area contributed by atoms with Gasteiger partial charge in [0.25, 0.3) is 5.95 Å². The summed E-state index contributed by atoms with van der Waals surface area (Å²) < 4.78 is 0. The smallest absolute Gasteiger partial charge is 0.265 e. The molecule has 3 N–H and O–H groups in total. The molecule has 2 rings (SSSR count). The first-order valence-electron chi connectivity index (χ1n) is 4.99. The third-order valence-electron chi connectivity index (χ3n) is 2.67. The minimum atomic E-state index is 0.214. The molecule has 6 nitrogen and oxygen atoms in total. The van der Waals surface area contributed by atoms with Gasteiger partial charge < -0.3 is 10.6 Å². The molecule has 1 aliphatic rings. The Labute approximate surface area is 82.9 Å². The maximum Gasteiger partial charge on any atom is 0.265 e. The van der Waals surface area contributed by atoms with E-state index in [0.29, 0.717) is 11.9 Å². The van der Waals surface area contributed by atoms with E-state index >= 15 is 0 Å². The molecule has 0 bridgehead atoms. The van der Waals surface area contributed by atoms with Crippen molar-refractivity contribution in [2.45, 2.75) is 25.8 Å². The van der Waals surface area contributed by atoms with Gasteiger partial charge in [0.2, 0.25) is 0 Å². The molecule has 1 aromatic heterocycles. The summed E-state index contributed by atoms with van der Waals surface area (Å²) in [4.78, 5) is 2.09. The first kappa shape index (κ1) is 9.39.